The molecule has 8 nitrogen and oxygen atoms in total. The SMILES string of the molecule is Cc1cc(C(F)(F)F)cc(N2C(=O)CCC2C(=O)Nc2cccc(C)c2N(C)CCN2CCOCC2)n1. The molecule has 0 saturated carbocycles. The molecule has 2 fully saturated rings. The fraction of sp³-hybridized carbons (Fsp3) is 0.500. The lowest BCUT2D eigenvalue weighted by molar-refractivity contribution is -0.137. The second-order valence-corrected chi connectivity index (χ2v) is 9.51. The highest BCUT2D eigenvalue weighted by Gasteiger charge is 2.40. The third-order valence-corrected chi connectivity index (χ3v) is 6.76. The molecule has 0 spiro atoms. The van der Waals surface area contributed by atoms with Crippen LogP contribution < -0.4 is 15.1 Å². The number of nitrogens with zero attached hydrogens (tertiary/aromatic N) is 4. The van der Waals surface area contributed by atoms with E-state index in [1.54, 1.807) is 6.07 Å². The number of rotatable bonds is 7. The van der Waals surface area contributed by atoms with Crippen molar-refractivity contribution in [2.75, 3.05) is 61.6 Å². The third kappa shape index (κ3) is 6.22. The lowest BCUT2D eigenvalue weighted by atomic mass is 10.1. The van der Waals surface area contributed by atoms with Crippen molar-refractivity contribution in [2.45, 2.75) is 38.9 Å². The van der Waals surface area contributed by atoms with Crippen LogP contribution in [0.2, 0.25) is 0 Å². The number of carbonyl (C=O) groups is 2. The van der Waals surface area contributed by atoms with Crippen LogP contribution in [0, 0.1) is 13.8 Å². The molecule has 200 valence electrons. The van der Waals surface area contributed by atoms with Gasteiger partial charge >= 0.3 is 6.18 Å². The number of morpholine rings is 1. The first-order valence-corrected chi connectivity index (χ1v) is 12.3. The number of nitrogens with one attached hydrogen (secondary N) is 1. The van der Waals surface area contributed by atoms with Crippen molar-refractivity contribution in [1.29, 1.82) is 0 Å². The summed E-state index contributed by atoms with van der Waals surface area (Å²) < 4.78 is 45.6. The number of amides is 2. The zero-order valence-corrected chi connectivity index (χ0v) is 21.3. The summed E-state index contributed by atoms with van der Waals surface area (Å²) >= 11 is 0. The van der Waals surface area contributed by atoms with Crippen LogP contribution in [0.1, 0.15) is 29.7 Å². The molecule has 2 aliphatic rings. The third-order valence-electron chi connectivity index (χ3n) is 6.76. The van der Waals surface area contributed by atoms with Gasteiger partial charge in [-0.2, -0.15) is 13.2 Å². The maximum atomic E-state index is 13.4. The van der Waals surface area contributed by atoms with Gasteiger partial charge in [0.2, 0.25) is 11.8 Å². The molecule has 2 aliphatic heterocycles. The molecule has 0 bridgehead atoms. The fourth-order valence-corrected chi connectivity index (χ4v) is 4.87. The van der Waals surface area contributed by atoms with Crippen molar-refractivity contribution in [2.24, 2.45) is 0 Å². The van der Waals surface area contributed by atoms with E-state index in [1.807, 2.05) is 26.1 Å². The molecule has 1 N–H and O–H groups in total. The van der Waals surface area contributed by atoms with Crippen LogP contribution in [0.25, 0.3) is 0 Å². The highest BCUT2D eigenvalue weighted by Crippen LogP contribution is 2.35. The average molecular weight is 520 g/mol. The molecule has 0 radical (unpaired) electrons. The monoisotopic (exact) mass is 519 g/mol. The van der Waals surface area contributed by atoms with Crippen molar-refractivity contribution >= 4 is 29.0 Å². The first-order valence-electron chi connectivity index (χ1n) is 12.3. The van der Waals surface area contributed by atoms with Crippen LogP contribution in [-0.2, 0) is 20.5 Å². The largest absolute Gasteiger partial charge is 0.416 e. The smallest absolute Gasteiger partial charge is 0.379 e. The van der Waals surface area contributed by atoms with E-state index in [0.717, 1.165) is 54.5 Å². The summed E-state index contributed by atoms with van der Waals surface area (Å²) in [5.74, 6) is -1.06. The molecule has 2 amide bonds. The van der Waals surface area contributed by atoms with Crippen LogP contribution in [0.3, 0.4) is 0 Å². The highest BCUT2D eigenvalue weighted by molar-refractivity contribution is 6.08. The van der Waals surface area contributed by atoms with Gasteiger partial charge in [0, 0.05) is 45.3 Å². The van der Waals surface area contributed by atoms with Crippen molar-refractivity contribution in [3.05, 3.63) is 47.2 Å². The zero-order chi connectivity index (χ0) is 26.7. The van der Waals surface area contributed by atoms with E-state index < -0.39 is 29.6 Å². The molecule has 1 atom stereocenters. The Balaban J connectivity index is 1.54. The topological polar surface area (TPSA) is 78.0 Å². The van der Waals surface area contributed by atoms with E-state index in [4.69, 9.17) is 4.74 Å². The number of likely N-dealkylation sites (N-methyl/N-ethyl adjacent to an activating group) is 1. The fourth-order valence-electron chi connectivity index (χ4n) is 4.87. The lowest BCUT2D eigenvalue weighted by Crippen LogP contribution is -2.43. The minimum absolute atomic E-state index is 0.0508. The van der Waals surface area contributed by atoms with Crippen LogP contribution in [0.15, 0.2) is 30.3 Å². The summed E-state index contributed by atoms with van der Waals surface area (Å²) in [5, 5.41) is 2.93. The molecule has 11 heteroatoms. The molecule has 2 saturated heterocycles. The normalized spacial score (nSPS) is 18.8. The molecular weight excluding hydrogens is 487 g/mol. The molecule has 2 aromatic rings. The maximum absolute atomic E-state index is 13.4. The number of benzene rings is 1. The van der Waals surface area contributed by atoms with Crippen LogP contribution in [0.4, 0.5) is 30.4 Å². The number of hydrogen-bond donors (Lipinski definition) is 1. The number of halogens is 3. The Kier molecular flexibility index (Phi) is 8.03. The summed E-state index contributed by atoms with van der Waals surface area (Å²) in [4.78, 5) is 35.7. The standard InChI is InChI=1S/C26H32F3N5O3/c1-17-5-4-6-20(24(17)32(3)9-10-33-11-13-37-14-12-33)31-25(36)21-7-8-23(35)34(21)22-16-19(26(27,28)29)15-18(2)30-22/h4-6,15-16,21H,7-14H2,1-3H3,(H,31,36). The van der Waals surface area contributed by atoms with Crippen LogP contribution in [-0.4, -0.2) is 74.2 Å². The summed E-state index contributed by atoms with van der Waals surface area (Å²) in [6, 6.07) is 6.36. The quantitative estimate of drug-likeness (QED) is 0.602. The first kappa shape index (κ1) is 26.9. The predicted molar refractivity (Wildman–Crippen MR) is 135 cm³/mol. The minimum Gasteiger partial charge on any atom is -0.379 e. The van der Waals surface area contributed by atoms with Crippen molar-refractivity contribution < 1.29 is 27.5 Å². The summed E-state index contributed by atoms with van der Waals surface area (Å²) in [7, 11) is 1.96. The van der Waals surface area contributed by atoms with Gasteiger partial charge in [-0.15, -0.1) is 0 Å². The molecule has 1 aromatic heterocycles. The van der Waals surface area contributed by atoms with E-state index in [0.29, 0.717) is 18.9 Å². The lowest BCUT2D eigenvalue weighted by Gasteiger charge is -2.31. The number of alkyl halides is 3. The highest BCUT2D eigenvalue weighted by atomic mass is 19.4. The number of aromatic nitrogens is 1. The Hall–Kier alpha value is -3.18. The number of para-hydroxylation sites is 1. The van der Waals surface area contributed by atoms with Crippen LogP contribution in [0.5, 0.6) is 0 Å². The second kappa shape index (κ2) is 11.1. The number of aryl methyl sites for hydroxylation is 2. The zero-order valence-electron chi connectivity index (χ0n) is 21.3. The molecule has 4 rings (SSSR count). The number of pyridine rings is 1. The Morgan fingerprint density at radius 3 is 2.65 bits per heavy atom. The van der Waals surface area contributed by atoms with Gasteiger partial charge in [-0.25, -0.2) is 4.98 Å². The van der Waals surface area contributed by atoms with Gasteiger partial charge in [-0.1, -0.05) is 12.1 Å². The van der Waals surface area contributed by atoms with Gasteiger partial charge in [0.05, 0.1) is 30.2 Å². The van der Waals surface area contributed by atoms with Gasteiger partial charge in [-0.3, -0.25) is 19.4 Å². The Labute approximate surface area is 214 Å². The van der Waals surface area contributed by atoms with Crippen molar-refractivity contribution in [1.82, 2.24) is 9.88 Å². The Bertz CT molecular complexity index is 1150. The number of anilines is 3. The van der Waals surface area contributed by atoms with Gasteiger partial charge in [0.1, 0.15) is 11.9 Å². The van der Waals surface area contributed by atoms with Gasteiger partial charge in [0.15, 0.2) is 0 Å². The molecule has 3 heterocycles. The summed E-state index contributed by atoms with van der Waals surface area (Å²) in [6.45, 7) is 8.14. The number of carbonyl (C=O) groups excluding carboxylic acids is 2. The molecule has 1 aromatic carbocycles. The summed E-state index contributed by atoms with van der Waals surface area (Å²) in [5.41, 5.74) is 1.62. The number of ether oxygens (including phenoxy) is 1. The van der Waals surface area contributed by atoms with Gasteiger partial charge < -0.3 is 15.0 Å². The average Bonchev–Trinajstić information content (AvgIpc) is 3.24. The van der Waals surface area contributed by atoms with Gasteiger partial charge in [0.25, 0.3) is 0 Å². The van der Waals surface area contributed by atoms with Crippen LogP contribution >= 0.6 is 0 Å². The number of hydrogen-bond acceptors (Lipinski definition) is 6. The molecule has 1 unspecified atom stereocenters. The molecular formula is C26H32F3N5O3. The van der Waals surface area contributed by atoms with E-state index in [-0.39, 0.29) is 24.4 Å². The van der Waals surface area contributed by atoms with E-state index in [1.165, 1.54) is 6.92 Å². The van der Waals surface area contributed by atoms with E-state index >= 15 is 0 Å². The maximum Gasteiger partial charge on any atom is 0.416 e. The van der Waals surface area contributed by atoms with Gasteiger partial charge in [-0.05, 0) is 44.0 Å². The summed E-state index contributed by atoms with van der Waals surface area (Å²) in [6.07, 6.45) is -4.35. The second-order valence-electron chi connectivity index (χ2n) is 9.51. The molecule has 0 aliphatic carbocycles. The Morgan fingerprint density at radius 2 is 1.95 bits per heavy atom. The van der Waals surface area contributed by atoms with Crippen molar-refractivity contribution in [3.8, 4) is 0 Å². The van der Waals surface area contributed by atoms with E-state index in [2.05, 4.69) is 20.1 Å². The predicted octanol–water partition coefficient (Wildman–Crippen LogP) is 3.62. The molecule has 37 heavy (non-hydrogen) atoms. The van der Waals surface area contributed by atoms with Crippen molar-refractivity contribution in [3.63, 3.8) is 0 Å². The Morgan fingerprint density at radius 1 is 1.22 bits per heavy atom. The van der Waals surface area contributed by atoms with E-state index in [9.17, 15) is 22.8 Å². The minimum atomic E-state index is -4.59. The first-order chi connectivity index (χ1) is 17.5.